The minimum absolute atomic E-state index is 0.176. The second kappa shape index (κ2) is 10.3. The molecule has 0 atom stereocenters. The van der Waals surface area contributed by atoms with Crippen molar-refractivity contribution in [1.29, 1.82) is 0 Å². The predicted octanol–water partition coefficient (Wildman–Crippen LogP) is 5.67. The fraction of sp³-hybridized carbons (Fsp3) is 0.769. The Labute approximate surface area is 187 Å². The number of carbonyl (C=O) groups is 2. The maximum absolute atomic E-state index is 11.5. The first-order chi connectivity index (χ1) is 14.4. The highest BCUT2D eigenvalue weighted by Gasteiger charge is 2.49. The van der Waals surface area contributed by atoms with Crippen LogP contribution in [0.4, 0.5) is 0 Å². The summed E-state index contributed by atoms with van der Waals surface area (Å²) in [5.41, 5.74) is 0.261. The highest BCUT2D eigenvalue weighted by molar-refractivity contribution is 5.87. The molecule has 31 heavy (non-hydrogen) atoms. The summed E-state index contributed by atoms with van der Waals surface area (Å²) in [5.74, 6) is 1.91. The van der Waals surface area contributed by atoms with Crippen molar-refractivity contribution in [3.63, 3.8) is 0 Å². The Kier molecular flexibility index (Phi) is 8.54. The zero-order chi connectivity index (χ0) is 23.4. The van der Waals surface area contributed by atoms with E-state index in [1.54, 1.807) is 6.92 Å². The van der Waals surface area contributed by atoms with Crippen LogP contribution in [0.25, 0.3) is 0 Å². The van der Waals surface area contributed by atoms with Crippen molar-refractivity contribution in [3.8, 4) is 0 Å². The number of rotatable bonds is 4. The third-order valence-corrected chi connectivity index (χ3v) is 7.52. The SMILES string of the molecule is C=C(C)C(=O)O.C=C(C)C(=O)OC1(C(C)C)CCCC1.OC12CC3CC(CC(C3)C1)C2. The number of hydrogen-bond acceptors (Lipinski definition) is 4. The first-order valence-electron chi connectivity index (χ1n) is 11.9. The van der Waals surface area contributed by atoms with Gasteiger partial charge < -0.3 is 14.9 Å². The molecule has 0 heterocycles. The first-order valence-corrected chi connectivity index (χ1v) is 11.9. The van der Waals surface area contributed by atoms with Crippen molar-refractivity contribution in [3.05, 3.63) is 24.3 Å². The fourth-order valence-corrected chi connectivity index (χ4v) is 6.11. The molecule has 5 nitrogen and oxygen atoms in total. The Balaban J connectivity index is 0.000000179. The fourth-order valence-electron chi connectivity index (χ4n) is 6.11. The molecule has 0 radical (unpaired) electrons. The van der Waals surface area contributed by atoms with Gasteiger partial charge in [0.15, 0.2) is 0 Å². The van der Waals surface area contributed by atoms with E-state index in [2.05, 4.69) is 27.0 Å². The van der Waals surface area contributed by atoms with Gasteiger partial charge in [0, 0.05) is 11.1 Å². The second-order valence-electron chi connectivity index (χ2n) is 10.8. The molecule has 0 amide bonds. The van der Waals surface area contributed by atoms with Gasteiger partial charge in [-0.2, -0.15) is 0 Å². The molecule has 0 unspecified atom stereocenters. The summed E-state index contributed by atoms with van der Waals surface area (Å²) in [5, 5.41) is 18.0. The lowest BCUT2D eigenvalue weighted by Crippen LogP contribution is -2.50. The summed E-state index contributed by atoms with van der Waals surface area (Å²) in [6.07, 6.45) is 12.0. The van der Waals surface area contributed by atoms with Crippen molar-refractivity contribution >= 4 is 11.9 Å². The average molecular weight is 435 g/mol. The van der Waals surface area contributed by atoms with E-state index < -0.39 is 5.97 Å². The lowest BCUT2D eigenvalue weighted by molar-refractivity contribution is -0.159. The van der Waals surface area contributed by atoms with Crippen LogP contribution in [0, 0.1) is 23.7 Å². The van der Waals surface area contributed by atoms with E-state index in [4.69, 9.17) is 9.84 Å². The molecule has 5 aliphatic rings. The second-order valence-corrected chi connectivity index (χ2v) is 10.8. The third-order valence-electron chi connectivity index (χ3n) is 7.52. The molecule has 5 fully saturated rings. The molecule has 2 N–H and O–H groups in total. The van der Waals surface area contributed by atoms with Crippen molar-refractivity contribution in [1.82, 2.24) is 0 Å². The van der Waals surface area contributed by atoms with Crippen LogP contribution in [0.2, 0.25) is 0 Å². The van der Waals surface area contributed by atoms with E-state index in [1.165, 1.54) is 39.0 Å². The molecule has 5 aliphatic carbocycles. The molecule has 0 aliphatic heterocycles. The maximum Gasteiger partial charge on any atom is 0.333 e. The van der Waals surface area contributed by atoms with Crippen LogP contribution in [0.15, 0.2) is 24.3 Å². The number of esters is 1. The van der Waals surface area contributed by atoms with Crippen LogP contribution in [-0.4, -0.2) is 33.4 Å². The predicted molar refractivity (Wildman–Crippen MR) is 123 cm³/mol. The van der Waals surface area contributed by atoms with Crippen LogP contribution in [0.5, 0.6) is 0 Å². The molecule has 0 spiro atoms. The van der Waals surface area contributed by atoms with Crippen molar-refractivity contribution < 1.29 is 24.5 Å². The van der Waals surface area contributed by atoms with Gasteiger partial charge in [-0.1, -0.05) is 27.0 Å². The summed E-state index contributed by atoms with van der Waals surface area (Å²) in [7, 11) is 0. The third kappa shape index (κ3) is 6.93. The van der Waals surface area contributed by atoms with Crippen molar-refractivity contribution in [2.24, 2.45) is 23.7 Å². The Hall–Kier alpha value is -1.62. The molecule has 0 aromatic rings. The summed E-state index contributed by atoms with van der Waals surface area (Å²) in [6, 6.07) is 0. The molecule has 5 rings (SSSR count). The molecule has 4 bridgehead atoms. The van der Waals surface area contributed by atoms with Gasteiger partial charge in [-0.15, -0.1) is 0 Å². The topological polar surface area (TPSA) is 83.8 Å². The minimum Gasteiger partial charge on any atom is -0.478 e. The number of hydrogen-bond donors (Lipinski definition) is 2. The lowest BCUT2D eigenvalue weighted by atomic mass is 9.54. The van der Waals surface area contributed by atoms with Crippen LogP contribution in [0.1, 0.15) is 91.9 Å². The number of carbonyl (C=O) groups excluding carboxylic acids is 1. The van der Waals surface area contributed by atoms with Gasteiger partial charge >= 0.3 is 11.9 Å². The van der Waals surface area contributed by atoms with Crippen LogP contribution < -0.4 is 0 Å². The molecule has 0 aromatic carbocycles. The van der Waals surface area contributed by atoms with Crippen molar-refractivity contribution in [2.45, 2.75) is 103 Å². The summed E-state index contributed by atoms with van der Waals surface area (Å²) < 4.78 is 5.58. The quantitative estimate of drug-likeness (QED) is 0.440. The summed E-state index contributed by atoms with van der Waals surface area (Å²) >= 11 is 0. The maximum atomic E-state index is 11.5. The number of aliphatic carboxylic acids is 1. The van der Waals surface area contributed by atoms with Gasteiger partial charge in [0.05, 0.1) is 5.60 Å². The first kappa shape index (κ1) is 25.6. The lowest BCUT2D eigenvalue weighted by Gasteiger charge is -2.54. The summed E-state index contributed by atoms with van der Waals surface area (Å²) in [6.45, 7) is 14.2. The summed E-state index contributed by atoms with van der Waals surface area (Å²) in [4.78, 5) is 21.1. The van der Waals surface area contributed by atoms with Crippen LogP contribution in [0.3, 0.4) is 0 Å². The van der Waals surface area contributed by atoms with Gasteiger partial charge in [0.1, 0.15) is 5.60 Å². The van der Waals surface area contributed by atoms with E-state index in [9.17, 15) is 14.7 Å². The molecule has 0 saturated heterocycles. The zero-order valence-corrected chi connectivity index (χ0v) is 19.9. The molecule has 5 heteroatoms. The van der Waals surface area contributed by atoms with Crippen LogP contribution in [-0.2, 0) is 14.3 Å². The molecule has 5 saturated carbocycles. The molecular weight excluding hydrogens is 392 g/mol. The Morgan fingerprint density at radius 3 is 1.55 bits per heavy atom. The smallest absolute Gasteiger partial charge is 0.333 e. The largest absolute Gasteiger partial charge is 0.478 e. The van der Waals surface area contributed by atoms with Crippen LogP contribution >= 0.6 is 0 Å². The van der Waals surface area contributed by atoms with Gasteiger partial charge in [-0.25, -0.2) is 9.59 Å². The number of ether oxygens (including phenoxy) is 1. The standard InChI is InChI=1S/C12H20O2.C10H16O.C4H6O2/c1-9(2)11(13)14-12(10(3)4)7-5-6-8-12;11-10-4-7-1-8(5-10)3-9(2-7)6-10;1-3(2)4(5)6/h10H,1,5-8H2,2-4H3;7-9,11H,1-6H2;1H2,2H3,(H,5,6). The zero-order valence-electron chi connectivity index (χ0n) is 19.9. The number of carboxylic acid groups (broad SMARTS) is 1. The average Bonchev–Trinajstić information content (AvgIpc) is 3.10. The van der Waals surface area contributed by atoms with E-state index in [1.807, 2.05) is 0 Å². The van der Waals surface area contributed by atoms with E-state index in [0.717, 1.165) is 49.9 Å². The normalized spacial score (nSPS) is 31.7. The van der Waals surface area contributed by atoms with Gasteiger partial charge in [-0.3, -0.25) is 0 Å². The van der Waals surface area contributed by atoms with E-state index >= 15 is 0 Å². The highest BCUT2D eigenvalue weighted by atomic mass is 16.6. The Bertz CT molecular complexity index is 637. The minimum atomic E-state index is -0.935. The Morgan fingerprint density at radius 1 is 0.903 bits per heavy atom. The molecule has 0 aromatic heterocycles. The van der Waals surface area contributed by atoms with E-state index in [-0.39, 0.29) is 22.7 Å². The van der Waals surface area contributed by atoms with Crippen molar-refractivity contribution in [2.75, 3.05) is 0 Å². The van der Waals surface area contributed by atoms with E-state index in [0.29, 0.717) is 11.5 Å². The highest BCUT2D eigenvalue weighted by Crippen LogP contribution is 2.55. The van der Waals surface area contributed by atoms with Gasteiger partial charge in [0.2, 0.25) is 0 Å². The number of aliphatic hydroxyl groups is 1. The van der Waals surface area contributed by atoms with Gasteiger partial charge in [0.25, 0.3) is 0 Å². The van der Waals surface area contributed by atoms with Gasteiger partial charge in [-0.05, 0) is 102 Å². The molecule has 176 valence electrons. The number of carboxylic acids is 1. The Morgan fingerprint density at radius 2 is 1.29 bits per heavy atom. The molecular formula is C26H42O5. The monoisotopic (exact) mass is 434 g/mol.